The molecule has 0 saturated heterocycles. The Balaban J connectivity index is 1.52. The van der Waals surface area contributed by atoms with Crippen molar-refractivity contribution in [3.63, 3.8) is 0 Å². The molecule has 0 saturated carbocycles. The third-order valence-corrected chi connectivity index (χ3v) is 3.27. The van der Waals surface area contributed by atoms with Gasteiger partial charge in [-0.25, -0.2) is 4.39 Å². The van der Waals surface area contributed by atoms with Crippen LogP contribution in [0.3, 0.4) is 0 Å². The standard InChI is InChI=1S/C19H16FNO2/c20-17-7-3-16(4-8-17)14-23-18-9-5-15(6-10-18)12-21-13-19-2-1-11-22-19/h1-12H,13-14H2/b21-12-. The van der Waals surface area contributed by atoms with Crippen molar-refractivity contribution in [1.29, 1.82) is 0 Å². The first-order valence-corrected chi connectivity index (χ1v) is 7.29. The minimum absolute atomic E-state index is 0.244. The summed E-state index contributed by atoms with van der Waals surface area (Å²) < 4.78 is 23.7. The van der Waals surface area contributed by atoms with E-state index in [1.807, 2.05) is 36.4 Å². The summed E-state index contributed by atoms with van der Waals surface area (Å²) in [5, 5.41) is 0. The highest BCUT2D eigenvalue weighted by Gasteiger charge is 1.97. The third kappa shape index (κ3) is 4.54. The van der Waals surface area contributed by atoms with E-state index in [0.717, 1.165) is 22.6 Å². The first-order chi connectivity index (χ1) is 11.3. The molecule has 0 aliphatic heterocycles. The molecular formula is C19H16FNO2. The summed E-state index contributed by atoms with van der Waals surface area (Å²) in [5.74, 6) is 1.35. The van der Waals surface area contributed by atoms with Crippen molar-refractivity contribution < 1.29 is 13.5 Å². The van der Waals surface area contributed by atoms with Crippen LogP contribution >= 0.6 is 0 Å². The highest BCUT2D eigenvalue weighted by molar-refractivity contribution is 5.79. The lowest BCUT2D eigenvalue weighted by Gasteiger charge is -2.06. The Kier molecular flexibility index (Phi) is 4.84. The lowest BCUT2D eigenvalue weighted by molar-refractivity contribution is 0.306. The van der Waals surface area contributed by atoms with Crippen molar-refractivity contribution in [2.45, 2.75) is 13.2 Å². The fraction of sp³-hybridized carbons (Fsp3) is 0.105. The second kappa shape index (κ2) is 7.40. The zero-order valence-electron chi connectivity index (χ0n) is 12.5. The van der Waals surface area contributed by atoms with Gasteiger partial charge in [-0.15, -0.1) is 0 Å². The zero-order valence-corrected chi connectivity index (χ0v) is 12.5. The maximum Gasteiger partial charge on any atom is 0.125 e. The second-order valence-electron chi connectivity index (χ2n) is 5.03. The molecule has 1 aromatic heterocycles. The largest absolute Gasteiger partial charge is 0.489 e. The van der Waals surface area contributed by atoms with E-state index in [4.69, 9.17) is 9.15 Å². The average Bonchev–Trinajstić information content (AvgIpc) is 3.09. The van der Waals surface area contributed by atoms with Crippen LogP contribution in [0.4, 0.5) is 4.39 Å². The minimum Gasteiger partial charge on any atom is -0.489 e. The lowest BCUT2D eigenvalue weighted by atomic mass is 10.2. The molecular weight excluding hydrogens is 293 g/mol. The number of hydrogen-bond donors (Lipinski definition) is 0. The smallest absolute Gasteiger partial charge is 0.125 e. The molecule has 3 nitrogen and oxygen atoms in total. The zero-order chi connectivity index (χ0) is 15.9. The van der Waals surface area contributed by atoms with E-state index < -0.39 is 0 Å². The molecule has 0 aliphatic rings. The number of furan rings is 1. The van der Waals surface area contributed by atoms with E-state index >= 15 is 0 Å². The van der Waals surface area contributed by atoms with Crippen LogP contribution in [0.1, 0.15) is 16.9 Å². The molecule has 0 fully saturated rings. The monoisotopic (exact) mass is 309 g/mol. The molecule has 3 aromatic rings. The first kappa shape index (κ1) is 15.0. The topological polar surface area (TPSA) is 34.7 Å². The molecule has 4 heteroatoms. The van der Waals surface area contributed by atoms with Gasteiger partial charge in [0.25, 0.3) is 0 Å². The Hall–Kier alpha value is -2.88. The van der Waals surface area contributed by atoms with Crippen molar-refractivity contribution in [2.24, 2.45) is 4.99 Å². The highest BCUT2D eigenvalue weighted by atomic mass is 19.1. The predicted molar refractivity (Wildman–Crippen MR) is 87.2 cm³/mol. The maximum absolute atomic E-state index is 12.8. The van der Waals surface area contributed by atoms with Crippen LogP contribution in [0.2, 0.25) is 0 Å². The number of benzene rings is 2. The molecule has 0 amide bonds. The van der Waals surface area contributed by atoms with Gasteiger partial charge in [-0.2, -0.15) is 0 Å². The van der Waals surface area contributed by atoms with Crippen molar-refractivity contribution in [1.82, 2.24) is 0 Å². The summed E-state index contributed by atoms with van der Waals surface area (Å²) in [6.07, 6.45) is 3.43. The SMILES string of the molecule is Fc1ccc(COc2ccc(/C=N\Cc3ccco3)cc2)cc1. The van der Waals surface area contributed by atoms with Crippen LogP contribution in [-0.2, 0) is 13.2 Å². The molecule has 0 N–H and O–H groups in total. The summed E-state index contributed by atoms with van der Waals surface area (Å²) in [7, 11) is 0. The van der Waals surface area contributed by atoms with Gasteiger partial charge in [0.1, 0.15) is 23.9 Å². The van der Waals surface area contributed by atoms with Crippen molar-refractivity contribution in [2.75, 3.05) is 0 Å². The van der Waals surface area contributed by atoms with Gasteiger partial charge in [-0.3, -0.25) is 4.99 Å². The van der Waals surface area contributed by atoms with Gasteiger partial charge < -0.3 is 9.15 Å². The Morgan fingerprint density at radius 2 is 1.78 bits per heavy atom. The highest BCUT2D eigenvalue weighted by Crippen LogP contribution is 2.14. The van der Waals surface area contributed by atoms with Crippen LogP contribution in [0, 0.1) is 5.82 Å². The number of rotatable bonds is 6. The fourth-order valence-electron chi connectivity index (χ4n) is 2.04. The number of aliphatic imine (C=N–C) groups is 1. The first-order valence-electron chi connectivity index (χ1n) is 7.29. The van der Waals surface area contributed by atoms with E-state index in [1.165, 1.54) is 12.1 Å². The molecule has 0 unspecified atom stereocenters. The number of halogens is 1. The van der Waals surface area contributed by atoms with Gasteiger partial charge in [0, 0.05) is 6.21 Å². The lowest BCUT2D eigenvalue weighted by Crippen LogP contribution is -1.95. The molecule has 23 heavy (non-hydrogen) atoms. The molecule has 1 heterocycles. The Bertz CT molecular complexity index is 747. The molecule has 0 radical (unpaired) electrons. The summed E-state index contributed by atoms with van der Waals surface area (Å²) in [6.45, 7) is 0.933. The van der Waals surface area contributed by atoms with Gasteiger partial charge in [-0.1, -0.05) is 12.1 Å². The quantitative estimate of drug-likeness (QED) is 0.623. The second-order valence-corrected chi connectivity index (χ2v) is 5.03. The molecule has 0 atom stereocenters. The third-order valence-electron chi connectivity index (χ3n) is 3.27. The van der Waals surface area contributed by atoms with Gasteiger partial charge in [0.05, 0.1) is 12.8 Å². The van der Waals surface area contributed by atoms with Crippen molar-refractivity contribution >= 4 is 6.21 Å². The molecule has 0 aliphatic carbocycles. The number of hydrogen-bond acceptors (Lipinski definition) is 3. The minimum atomic E-state index is -0.244. The van der Waals surface area contributed by atoms with Gasteiger partial charge in [0.2, 0.25) is 0 Å². The fourth-order valence-corrected chi connectivity index (χ4v) is 2.04. The Morgan fingerprint density at radius 1 is 1.00 bits per heavy atom. The molecule has 2 aromatic carbocycles. The van der Waals surface area contributed by atoms with Gasteiger partial charge >= 0.3 is 0 Å². The predicted octanol–water partition coefficient (Wildman–Crippen LogP) is 4.62. The van der Waals surface area contributed by atoms with E-state index in [2.05, 4.69) is 4.99 Å². The number of nitrogens with zero attached hydrogens (tertiary/aromatic N) is 1. The van der Waals surface area contributed by atoms with Crippen molar-refractivity contribution in [3.8, 4) is 5.75 Å². The summed E-state index contributed by atoms with van der Waals surface area (Å²) >= 11 is 0. The molecule has 0 spiro atoms. The normalized spacial score (nSPS) is 11.0. The summed E-state index contributed by atoms with van der Waals surface area (Å²) in [5.41, 5.74) is 1.92. The van der Waals surface area contributed by atoms with Crippen LogP contribution in [0.5, 0.6) is 5.75 Å². The van der Waals surface area contributed by atoms with Crippen LogP contribution < -0.4 is 4.74 Å². The van der Waals surface area contributed by atoms with E-state index in [0.29, 0.717) is 13.2 Å². The van der Waals surface area contributed by atoms with E-state index in [9.17, 15) is 4.39 Å². The average molecular weight is 309 g/mol. The van der Waals surface area contributed by atoms with Gasteiger partial charge in [-0.05, 0) is 59.7 Å². The van der Waals surface area contributed by atoms with Gasteiger partial charge in [0.15, 0.2) is 0 Å². The molecule has 3 rings (SSSR count). The molecule has 116 valence electrons. The van der Waals surface area contributed by atoms with Crippen LogP contribution in [-0.4, -0.2) is 6.21 Å². The Labute approximate surface area is 134 Å². The summed E-state index contributed by atoms with van der Waals surface area (Å²) in [6, 6.07) is 17.7. The Morgan fingerprint density at radius 3 is 2.48 bits per heavy atom. The maximum atomic E-state index is 12.8. The number of ether oxygens (including phenoxy) is 1. The van der Waals surface area contributed by atoms with E-state index in [-0.39, 0.29) is 5.82 Å². The molecule has 0 bridgehead atoms. The summed E-state index contributed by atoms with van der Waals surface area (Å²) in [4.78, 5) is 4.32. The van der Waals surface area contributed by atoms with Crippen LogP contribution in [0.15, 0.2) is 76.3 Å². The van der Waals surface area contributed by atoms with Crippen LogP contribution in [0.25, 0.3) is 0 Å². The van der Waals surface area contributed by atoms with E-state index in [1.54, 1.807) is 24.6 Å². The van der Waals surface area contributed by atoms with Crippen molar-refractivity contribution in [3.05, 3.63) is 89.6 Å².